The van der Waals surface area contributed by atoms with E-state index in [1.165, 1.54) is 48.3 Å². The second-order valence-corrected chi connectivity index (χ2v) is 7.47. The molecule has 1 rings (SSSR count). The molecule has 0 amide bonds. The predicted molar refractivity (Wildman–Crippen MR) is 93.9 cm³/mol. The summed E-state index contributed by atoms with van der Waals surface area (Å²) >= 11 is 1.87. The molecule has 1 heterocycles. The van der Waals surface area contributed by atoms with Crippen LogP contribution in [0.3, 0.4) is 0 Å². The first kappa shape index (κ1) is 18.7. The number of rotatable bonds is 13. The first-order valence-electron chi connectivity index (χ1n) is 8.58. The van der Waals surface area contributed by atoms with Crippen molar-refractivity contribution in [2.75, 3.05) is 13.2 Å². The molecule has 0 aliphatic carbocycles. The molecule has 0 saturated carbocycles. The predicted octanol–water partition coefficient (Wildman–Crippen LogP) is 5.37. The van der Waals surface area contributed by atoms with Gasteiger partial charge in [0.15, 0.2) is 0 Å². The molecule has 0 aromatic carbocycles. The molecule has 122 valence electrons. The van der Waals surface area contributed by atoms with Gasteiger partial charge in [-0.15, -0.1) is 11.3 Å². The molecular formula is C18H33NOS. The Bertz CT molecular complexity index is 349. The van der Waals surface area contributed by atoms with Crippen molar-refractivity contribution in [1.29, 1.82) is 0 Å². The van der Waals surface area contributed by atoms with E-state index in [1.54, 1.807) is 0 Å². The summed E-state index contributed by atoms with van der Waals surface area (Å²) in [7, 11) is 0. The number of hydrogen-bond acceptors (Lipinski definition) is 3. The second kappa shape index (κ2) is 12.2. The molecular weight excluding hydrogens is 278 g/mol. The van der Waals surface area contributed by atoms with E-state index in [9.17, 15) is 0 Å². The third-order valence-corrected chi connectivity index (χ3v) is 4.51. The normalized spacial score (nSPS) is 11.4. The SMILES string of the molecule is CCCCCCCCOCc1ccc(CNCC(C)C)s1. The maximum Gasteiger partial charge on any atom is 0.0809 e. The lowest BCUT2D eigenvalue weighted by molar-refractivity contribution is 0.119. The van der Waals surface area contributed by atoms with E-state index in [1.807, 2.05) is 11.3 Å². The summed E-state index contributed by atoms with van der Waals surface area (Å²) in [6.07, 6.45) is 7.97. The third-order valence-electron chi connectivity index (χ3n) is 3.46. The molecule has 0 atom stereocenters. The summed E-state index contributed by atoms with van der Waals surface area (Å²) in [6, 6.07) is 4.43. The fourth-order valence-electron chi connectivity index (χ4n) is 2.24. The van der Waals surface area contributed by atoms with Gasteiger partial charge in [-0.25, -0.2) is 0 Å². The minimum atomic E-state index is 0.713. The maximum atomic E-state index is 5.77. The zero-order valence-electron chi connectivity index (χ0n) is 14.1. The molecule has 1 N–H and O–H groups in total. The van der Waals surface area contributed by atoms with Crippen molar-refractivity contribution in [2.24, 2.45) is 5.92 Å². The van der Waals surface area contributed by atoms with Gasteiger partial charge in [-0.2, -0.15) is 0 Å². The Morgan fingerprint density at radius 3 is 2.52 bits per heavy atom. The average molecular weight is 312 g/mol. The van der Waals surface area contributed by atoms with E-state index in [0.29, 0.717) is 5.92 Å². The summed E-state index contributed by atoms with van der Waals surface area (Å²) in [5.74, 6) is 0.713. The largest absolute Gasteiger partial charge is 0.376 e. The molecule has 0 bridgehead atoms. The van der Waals surface area contributed by atoms with Crippen LogP contribution in [-0.4, -0.2) is 13.2 Å². The third kappa shape index (κ3) is 10.0. The smallest absolute Gasteiger partial charge is 0.0809 e. The monoisotopic (exact) mass is 311 g/mol. The molecule has 0 fully saturated rings. The van der Waals surface area contributed by atoms with Gasteiger partial charge in [-0.05, 0) is 31.0 Å². The lowest BCUT2D eigenvalue weighted by Crippen LogP contribution is -2.18. The highest BCUT2D eigenvalue weighted by Gasteiger charge is 2.01. The fourth-order valence-corrected chi connectivity index (χ4v) is 3.16. The first-order chi connectivity index (χ1) is 10.2. The molecule has 0 aliphatic rings. The van der Waals surface area contributed by atoms with Crippen molar-refractivity contribution in [1.82, 2.24) is 5.32 Å². The molecule has 1 aromatic heterocycles. The first-order valence-corrected chi connectivity index (χ1v) is 9.40. The van der Waals surface area contributed by atoms with Crippen molar-refractivity contribution in [3.8, 4) is 0 Å². The van der Waals surface area contributed by atoms with Crippen LogP contribution in [0.4, 0.5) is 0 Å². The molecule has 0 aliphatic heterocycles. The summed E-state index contributed by atoms with van der Waals surface area (Å²) in [6.45, 7) is 10.5. The summed E-state index contributed by atoms with van der Waals surface area (Å²) in [4.78, 5) is 2.76. The van der Waals surface area contributed by atoms with Crippen molar-refractivity contribution >= 4 is 11.3 Å². The Kier molecular flexibility index (Phi) is 10.8. The van der Waals surface area contributed by atoms with Crippen LogP contribution in [0, 0.1) is 5.92 Å². The topological polar surface area (TPSA) is 21.3 Å². The number of thiophene rings is 1. The molecule has 0 saturated heterocycles. The van der Waals surface area contributed by atoms with Crippen LogP contribution in [0.2, 0.25) is 0 Å². The highest BCUT2D eigenvalue weighted by atomic mass is 32.1. The van der Waals surface area contributed by atoms with E-state index < -0.39 is 0 Å². The second-order valence-electron chi connectivity index (χ2n) is 6.21. The number of nitrogens with one attached hydrogen (secondary N) is 1. The van der Waals surface area contributed by atoms with Gasteiger partial charge in [0.2, 0.25) is 0 Å². The number of unbranched alkanes of at least 4 members (excludes halogenated alkanes) is 5. The molecule has 1 aromatic rings. The van der Waals surface area contributed by atoms with Crippen LogP contribution in [0.25, 0.3) is 0 Å². The minimum Gasteiger partial charge on any atom is -0.376 e. The Balaban J connectivity index is 2.01. The molecule has 2 nitrogen and oxygen atoms in total. The highest BCUT2D eigenvalue weighted by Crippen LogP contribution is 2.17. The molecule has 0 radical (unpaired) electrons. The number of hydrogen-bond donors (Lipinski definition) is 1. The Hall–Kier alpha value is -0.380. The molecule has 0 spiro atoms. The summed E-state index contributed by atoms with van der Waals surface area (Å²) in [5.41, 5.74) is 0. The van der Waals surface area contributed by atoms with Crippen molar-refractivity contribution in [3.05, 3.63) is 21.9 Å². The van der Waals surface area contributed by atoms with Gasteiger partial charge in [-0.3, -0.25) is 0 Å². The van der Waals surface area contributed by atoms with Gasteiger partial charge < -0.3 is 10.1 Å². The van der Waals surface area contributed by atoms with Crippen LogP contribution >= 0.6 is 11.3 Å². The summed E-state index contributed by atoms with van der Waals surface area (Å²) < 4.78 is 5.77. The van der Waals surface area contributed by atoms with Crippen LogP contribution in [0.1, 0.15) is 69.1 Å². The standard InChI is InChI=1S/C18H33NOS/c1-4-5-6-7-8-9-12-20-15-18-11-10-17(21-18)14-19-13-16(2)3/h10-11,16,19H,4-9,12-15H2,1-3H3. The maximum absolute atomic E-state index is 5.77. The van der Waals surface area contributed by atoms with Gasteiger partial charge in [0.05, 0.1) is 6.61 Å². The quantitative estimate of drug-likeness (QED) is 0.494. The zero-order chi connectivity index (χ0) is 15.3. The summed E-state index contributed by atoms with van der Waals surface area (Å²) in [5, 5.41) is 3.48. The van der Waals surface area contributed by atoms with E-state index in [2.05, 4.69) is 38.2 Å². The Morgan fingerprint density at radius 1 is 1.05 bits per heavy atom. The van der Waals surface area contributed by atoms with Gasteiger partial charge in [0, 0.05) is 22.9 Å². The average Bonchev–Trinajstić information content (AvgIpc) is 2.89. The Labute approximate surface area is 135 Å². The van der Waals surface area contributed by atoms with E-state index in [4.69, 9.17) is 4.74 Å². The Morgan fingerprint density at radius 2 is 1.76 bits per heavy atom. The molecule has 21 heavy (non-hydrogen) atoms. The van der Waals surface area contributed by atoms with Crippen LogP contribution < -0.4 is 5.32 Å². The highest BCUT2D eigenvalue weighted by molar-refractivity contribution is 7.11. The molecule has 0 unspecified atom stereocenters. The van der Waals surface area contributed by atoms with E-state index >= 15 is 0 Å². The minimum absolute atomic E-state index is 0.713. The lowest BCUT2D eigenvalue weighted by Gasteiger charge is -2.05. The van der Waals surface area contributed by atoms with Crippen LogP contribution in [-0.2, 0) is 17.9 Å². The van der Waals surface area contributed by atoms with Gasteiger partial charge in [0.1, 0.15) is 0 Å². The van der Waals surface area contributed by atoms with Crippen molar-refractivity contribution < 1.29 is 4.74 Å². The van der Waals surface area contributed by atoms with Crippen LogP contribution in [0.15, 0.2) is 12.1 Å². The molecule has 3 heteroatoms. The van der Waals surface area contributed by atoms with Gasteiger partial charge >= 0.3 is 0 Å². The number of ether oxygens (including phenoxy) is 1. The van der Waals surface area contributed by atoms with Gasteiger partial charge in [0.25, 0.3) is 0 Å². The fraction of sp³-hybridized carbons (Fsp3) is 0.778. The van der Waals surface area contributed by atoms with Crippen molar-refractivity contribution in [3.63, 3.8) is 0 Å². The van der Waals surface area contributed by atoms with E-state index in [-0.39, 0.29) is 0 Å². The zero-order valence-corrected chi connectivity index (χ0v) is 14.9. The van der Waals surface area contributed by atoms with Gasteiger partial charge in [-0.1, -0.05) is 52.9 Å². The van der Waals surface area contributed by atoms with Crippen LogP contribution in [0.5, 0.6) is 0 Å². The lowest BCUT2D eigenvalue weighted by atomic mass is 10.1. The van der Waals surface area contributed by atoms with Crippen molar-refractivity contribution in [2.45, 2.75) is 72.4 Å². The van der Waals surface area contributed by atoms with E-state index in [0.717, 1.165) is 26.3 Å².